The Morgan fingerprint density at radius 3 is 2.34 bits per heavy atom. The maximum atomic E-state index is 12.3. The number of ether oxygens (including phenoxy) is 2. The first kappa shape index (κ1) is 18.2. The largest absolute Gasteiger partial charge is 0.493 e. The maximum absolute atomic E-state index is 12.3. The summed E-state index contributed by atoms with van der Waals surface area (Å²) in [6, 6.07) is 14.3. The van der Waals surface area contributed by atoms with E-state index in [0.717, 1.165) is 5.01 Å². The van der Waals surface area contributed by atoms with Gasteiger partial charge in [-0.1, -0.05) is 12.1 Å². The monoisotopic (exact) mass is 390 g/mol. The quantitative estimate of drug-likeness (QED) is 0.287. The summed E-state index contributed by atoms with van der Waals surface area (Å²) in [5.41, 5.74) is 1.16. The molecule has 0 aliphatic carbocycles. The molecule has 0 radical (unpaired) electrons. The van der Waals surface area contributed by atoms with Crippen LogP contribution in [0.3, 0.4) is 0 Å². The molecular formula is C21H14N2O6. The van der Waals surface area contributed by atoms with E-state index in [1.165, 1.54) is 31.7 Å². The number of carbonyl (C=O) groups excluding carboxylic acids is 3. The van der Waals surface area contributed by atoms with E-state index in [9.17, 15) is 14.4 Å². The van der Waals surface area contributed by atoms with Crippen molar-refractivity contribution in [1.82, 2.24) is 5.01 Å². The van der Waals surface area contributed by atoms with Crippen LogP contribution in [0.25, 0.3) is 0 Å². The third kappa shape index (κ3) is 3.39. The lowest BCUT2D eigenvalue weighted by Gasteiger charge is -2.09. The number of furan rings is 1. The van der Waals surface area contributed by atoms with Gasteiger partial charge in [-0.2, -0.15) is 10.1 Å². The van der Waals surface area contributed by atoms with E-state index in [0.29, 0.717) is 16.7 Å². The smallest absolute Gasteiger partial charge is 0.379 e. The number of carbonyl (C=O) groups is 3. The van der Waals surface area contributed by atoms with E-state index in [4.69, 9.17) is 13.9 Å². The van der Waals surface area contributed by atoms with Gasteiger partial charge in [0.1, 0.15) is 0 Å². The summed E-state index contributed by atoms with van der Waals surface area (Å²) in [4.78, 5) is 36.7. The Morgan fingerprint density at radius 1 is 1.00 bits per heavy atom. The lowest BCUT2D eigenvalue weighted by atomic mass is 10.1. The molecular weight excluding hydrogens is 376 g/mol. The van der Waals surface area contributed by atoms with Gasteiger partial charge < -0.3 is 13.9 Å². The van der Waals surface area contributed by atoms with Gasteiger partial charge >= 0.3 is 5.97 Å². The lowest BCUT2D eigenvalue weighted by molar-refractivity contribution is 0.0656. The van der Waals surface area contributed by atoms with Crippen molar-refractivity contribution in [1.29, 1.82) is 0 Å². The van der Waals surface area contributed by atoms with E-state index in [-0.39, 0.29) is 17.3 Å². The van der Waals surface area contributed by atoms with Gasteiger partial charge in [-0.05, 0) is 48.0 Å². The maximum Gasteiger partial charge on any atom is 0.379 e. The molecule has 2 amide bonds. The molecule has 0 saturated carbocycles. The van der Waals surface area contributed by atoms with Crippen molar-refractivity contribution in [2.45, 2.75) is 0 Å². The topological polar surface area (TPSA) is 98.4 Å². The molecule has 0 atom stereocenters. The van der Waals surface area contributed by atoms with Crippen LogP contribution < -0.4 is 9.47 Å². The first-order valence-corrected chi connectivity index (χ1v) is 8.54. The summed E-state index contributed by atoms with van der Waals surface area (Å²) in [5.74, 6) is -1.12. The van der Waals surface area contributed by atoms with Crippen molar-refractivity contribution in [2.24, 2.45) is 5.10 Å². The molecule has 29 heavy (non-hydrogen) atoms. The number of amides is 2. The second-order valence-electron chi connectivity index (χ2n) is 5.99. The van der Waals surface area contributed by atoms with Gasteiger partial charge in [0.25, 0.3) is 11.8 Å². The summed E-state index contributed by atoms with van der Waals surface area (Å²) >= 11 is 0. The highest BCUT2D eigenvalue weighted by Crippen LogP contribution is 2.29. The fourth-order valence-corrected chi connectivity index (χ4v) is 2.80. The standard InChI is InChI=1S/C21H14N2O6/c1-27-18-11-13(8-9-16(18)29-21(26)17-7-4-10-28-17)12-22-23-19(24)14-5-2-3-6-15(14)20(23)25/h2-12H,1H3. The normalized spacial score (nSPS) is 13.1. The molecule has 0 fully saturated rings. The minimum Gasteiger partial charge on any atom is -0.493 e. The van der Waals surface area contributed by atoms with Gasteiger partial charge in [0, 0.05) is 0 Å². The molecule has 144 valence electrons. The summed E-state index contributed by atoms with van der Waals surface area (Å²) in [5, 5.41) is 4.82. The molecule has 2 heterocycles. The molecule has 8 nitrogen and oxygen atoms in total. The molecule has 1 aliphatic heterocycles. The minimum atomic E-state index is -0.666. The first-order chi connectivity index (χ1) is 14.1. The fourth-order valence-electron chi connectivity index (χ4n) is 2.80. The van der Waals surface area contributed by atoms with Crippen LogP contribution in [0.1, 0.15) is 36.8 Å². The third-order valence-electron chi connectivity index (χ3n) is 4.21. The number of nitrogens with zero attached hydrogens (tertiary/aromatic N) is 2. The Bertz CT molecular complexity index is 1100. The second kappa shape index (κ2) is 7.43. The summed E-state index contributed by atoms with van der Waals surface area (Å²) in [6.07, 6.45) is 2.72. The molecule has 0 saturated heterocycles. The average molecular weight is 390 g/mol. The molecule has 1 aliphatic rings. The van der Waals surface area contributed by atoms with E-state index < -0.39 is 17.8 Å². The highest BCUT2D eigenvalue weighted by Gasteiger charge is 2.35. The molecule has 0 spiro atoms. The zero-order valence-corrected chi connectivity index (χ0v) is 15.2. The van der Waals surface area contributed by atoms with Crippen LogP contribution in [-0.4, -0.2) is 36.1 Å². The average Bonchev–Trinajstić information content (AvgIpc) is 3.36. The second-order valence-corrected chi connectivity index (χ2v) is 5.99. The van der Waals surface area contributed by atoms with Crippen LogP contribution in [0.4, 0.5) is 0 Å². The summed E-state index contributed by atoms with van der Waals surface area (Å²) in [6.45, 7) is 0. The Morgan fingerprint density at radius 2 is 1.72 bits per heavy atom. The number of hydrazone groups is 1. The summed E-state index contributed by atoms with van der Waals surface area (Å²) < 4.78 is 15.5. The zero-order valence-electron chi connectivity index (χ0n) is 15.2. The Labute approximate surface area is 164 Å². The number of hydrogen-bond donors (Lipinski definition) is 0. The van der Waals surface area contributed by atoms with Crippen LogP contribution >= 0.6 is 0 Å². The van der Waals surface area contributed by atoms with Crippen molar-refractivity contribution in [3.63, 3.8) is 0 Å². The van der Waals surface area contributed by atoms with Gasteiger partial charge in [0.05, 0.1) is 30.7 Å². The Hall–Kier alpha value is -4.20. The fraction of sp³-hybridized carbons (Fsp3) is 0.0476. The number of methoxy groups -OCH3 is 1. The molecule has 1 aromatic heterocycles. The van der Waals surface area contributed by atoms with Gasteiger partial charge in [0.15, 0.2) is 11.5 Å². The highest BCUT2D eigenvalue weighted by molar-refractivity contribution is 6.21. The number of esters is 1. The molecule has 0 bridgehead atoms. The lowest BCUT2D eigenvalue weighted by Crippen LogP contribution is -2.24. The van der Waals surface area contributed by atoms with Crippen molar-refractivity contribution in [3.8, 4) is 11.5 Å². The third-order valence-corrected chi connectivity index (χ3v) is 4.21. The molecule has 4 rings (SSSR count). The molecule has 0 unspecified atom stereocenters. The van der Waals surface area contributed by atoms with Crippen LogP contribution in [0.5, 0.6) is 11.5 Å². The van der Waals surface area contributed by atoms with Crippen LogP contribution in [0.15, 0.2) is 70.4 Å². The molecule has 0 N–H and O–H groups in total. The van der Waals surface area contributed by atoms with Gasteiger partial charge in [0.2, 0.25) is 5.76 Å². The van der Waals surface area contributed by atoms with Crippen LogP contribution in [0.2, 0.25) is 0 Å². The van der Waals surface area contributed by atoms with Crippen molar-refractivity contribution in [3.05, 3.63) is 83.3 Å². The predicted molar refractivity (Wildman–Crippen MR) is 101 cm³/mol. The number of rotatable bonds is 5. The van der Waals surface area contributed by atoms with E-state index in [1.807, 2.05) is 0 Å². The Balaban J connectivity index is 1.53. The summed E-state index contributed by atoms with van der Waals surface area (Å²) in [7, 11) is 1.42. The SMILES string of the molecule is COc1cc(C=NN2C(=O)c3ccccc3C2=O)ccc1OC(=O)c1ccco1. The Kier molecular flexibility index (Phi) is 4.66. The van der Waals surface area contributed by atoms with Crippen molar-refractivity contribution >= 4 is 24.0 Å². The van der Waals surface area contributed by atoms with E-state index >= 15 is 0 Å². The highest BCUT2D eigenvalue weighted by atomic mass is 16.6. The van der Waals surface area contributed by atoms with Gasteiger partial charge in [-0.25, -0.2) is 4.79 Å². The van der Waals surface area contributed by atoms with Crippen molar-refractivity contribution < 1.29 is 28.3 Å². The number of hydrogen-bond acceptors (Lipinski definition) is 7. The number of fused-ring (bicyclic) bond motifs is 1. The van der Waals surface area contributed by atoms with Crippen LogP contribution in [0, 0.1) is 0 Å². The molecule has 2 aromatic carbocycles. The first-order valence-electron chi connectivity index (χ1n) is 8.54. The zero-order chi connectivity index (χ0) is 20.4. The van der Waals surface area contributed by atoms with E-state index in [2.05, 4.69) is 5.10 Å². The van der Waals surface area contributed by atoms with Crippen molar-refractivity contribution in [2.75, 3.05) is 7.11 Å². The number of imide groups is 1. The van der Waals surface area contributed by atoms with Crippen LogP contribution in [-0.2, 0) is 0 Å². The molecule has 8 heteroatoms. The number of benzene rings is 2. The van der Waals surface area contributed by atoms with E-state index in [1.54, 1.807) is 42.5 Å². The van der Waals surface area contributed by atoms with Gasteiger partial charge in [-0.3, -0.25) is 9.59 Å². The van der Waals surface area contributed by atoms with Gasteiger partial charge in [-0.15, -0.1) is 0 Å². The molecule has 3 aromatic rings. The minimum absolute atomic E-state index is 0.0586. The predicted octanol–water partition coefficient (Wildman–Crippen LogP) is 3.14.